The molecule has 2 atom stereocenters. The lowest BCUT2D eigenvalue weighted by atomic mass is 9.98. The van der Waals surface area contributed by atoms with Crippen LogP contribution < -0.4 is 20.9 Å². The van der Waals surface area contributed by atoms with Gasteiger partial charge in [-0.3, -0.25) is 10.1 Å². The van der Waals surface area contributed by atoms with Crippen LogP contribution in [0.15, 0.2) is 48.5 Å². The first-order valence-electron chi connectivity index (χ1n) is 11.8. The summed E-state index contributed by atoms with van der Waals surface area (Å²) < 4.78 is 0. The monoisotopic (exact) mass is 494 g/mol. The molecule has 0 fully saturated rings. The lowest BCUT2D eigenvalue weighted by molar-refractivity contribution is -0.119. The molecular formula is C26H34N6O2S. The van der Waals surface area contributed by atoms with E-state index in [4.69, 9.17) is 0 Å². The molecule has 186 valence electrons. The second-order valence-corrected chi connectivity index (χ2v) is 10.1. The molecule has 0 radical (unpaired) electrons. The Hall–Kier alpha value is -3.46. The maximum Gasteiger partial charge on any atom is 0.319 e. The van der Waals surface area contributed by atoms with Crippen molar-refractivity contribution in [1.29, 1.82) is 0 Å². The Morgan fingerprint density at radius 1 is 0.943 bits per heavy atom. The maximum atomic E-state index is 13.1. The summed E-state index contributed by atoms with van der Waals surface area (Å²) in [5.41, 5.74) is 3.87. The van der Waals surface area contributed by atoms with Crippen LogP contribution in [-0.4, -0.2) is 42.3 Å². The fourth-order valence-electron chi connectivity index (χ4n) is 3.44. The lowest BCUT2D eigenvalue weighted by Gasteiger charge is -2.23. The molecule has 9 heteroatoms. The van der Waals surface area contributed by atoms with Gasteiger partial charge in [-0.1, -0.05) is 57.6 Å². The highest BCUT2D eigenvalue weighted by Gasteiger charge is 2.27. The topological polar surface area (TPSA) is 99.2 Å². The maximum absolute atomic E-state index is 13.1. The number of carbonyl (C=O) groups excluding carboxylic acids is 2. The minimum absolute atomic E-state index is 0.0740. The van der Waals surface area contributed by atoms with Crippen molar-refractivity contribution < 1.29 is 9.59 Å². The van der Waals surface area contributed by atoms with Gasteiger partial charge in [-0.2, -0.15) is 0 Å². The van der Waals surface area contributed by atoms with Crippen LogP contribution in [0.5, 0.6) is 0 Å². The molecule has 3 amide bonds. The number of rotatable bonds is 9. The number of urea groups is 1. The Morgan fingerprint density at radius 2 is 1.60 bits per heavy atom. The number of hydrogen-bond acceptors (Lipinski definition) is 6. The standard InChI is InChI=1S/C26H34N6O2S/c1-7-17(4)22(28-25(34)27-20-12-8-18(9-13-20)16(2)3)23(33)29-26-31-30-24(35-26)19-10-14-21(15-11-19)32(5)6/h8-17,22H,7H2,1-6H3,(H2,27,28,34)(H,29,31,33). The first kappa shape index (κ1) is 26.2. The number of hydrogen-bond donors (Lipinski definition) is 3. The first-order valence-corrected chi connectivity index (χ1v) is 12.6. The molecule has 1 aromatic heterocycles. The third-order valence-corrected chi connectivity index (χ3v) is 6.79. The van der Waals surface area contributed by atoms with E-state index in [1.54, 1.807) is 0 Å². The van der Waals surface area contributed by atoms with Crippen LogP contribution in [0.25, 0.3) is 10.6 Å². The second-order valence-electron chi connectivity index (χ2n) is 9.08. The van der Waals surface area contributed by atoms with Crippen LogP contribution in [0.4, 0.5) is 21.3 Å². The summed E-state index contributed by atoms with van der Waals surface area (Å²) >= 11 is 1.29. The van der Waals surface area contributed by atoms with Gasteiger partial charge in [0.05, 0.1) is 0 Å². The van der Waals surface area contributed by atoms with E-state index in [0.29, 0.717) is 21.7 Å². The van der Waals surface area contributed by atoms with Crippen molar-refractivity contribution in [3.05, 3.63) is 54.1 Å². The van der Waals surface area contributed by atoms with Gasteiger partial charge >= 0.3 is 6.03 Å². The average molecular weight is 495 g/mol. The lowest BCUT2D eigenvalue weighted by Crippen LogP contribution is -2.49. The van der Waals surface area contributed by atoms with Crippen LogP contribution in [0.1, 0.15) is 45.6 Å². The molecular weight excluding hydrogens is 460 g/mol. The molecule has 0 bridgehead atoms. The van der Waals surface area contributed by atoms with E-state index in [0.717, 1.165) is 17.7 Å². The molecule has 3 rings (SSSR count). The minimum Gasteiger partial charge on any atom is -0.378 e. The number of anilines is 3. The van der Waals surface area contributed by atoms with Gasteiger partial charge in [0.15, 0.2) is 0 Å². The number of amides is 3. The van der Waals surface area contributed by atoms with Gasteiger partial charge in [-0.15, -0.1) is 10.2 Å². The zero-order valence-corrected chi connectivity index (χ0v) is 21.9. The van der Waals surface area contributed by atoms with E-state index in [9.17, 15) is 9.59 Å². The van der Waals surface area contributed by atoms with Crippen molar-refractivity contribution in [2.45, 2.75) is 46.1 Å². The summed E-state index contributed by atoms with van der Waals surface area (Å²) in [6.45, 7) is 8.15. The van der Waals surface area contributed by atoms with Crippen LogP contribution in [-0.2, 0) is 4.79 Å². The molecule has 3 aromatic rings. The van der Waals surface area contributed by atoms with E-state index in [2.05, 4.69) is 40.0 Å². The summed E-state index contributed by atoms with van der Waals surface area (Å²) in [7, 11) is 3.97. The van der Waals surface area contributed by atoms with Crippen LogP contribution in [0.3, 0.4) is 0 Å². The molecule has 0 saturated carbocycles. The Kier molecular flexibility index (Phi) is 8.81. The van der Waals surface area contributed by atoms with E-state index in [-0.39, 0.29) is 11.8 Å². The van der Waals surface area contributed by atoms with Gasteiger partial charge in [-0.05, 0) is 53.8 Å². The normalized spacial score (nSPS) is 12.7. The van der Waals surface area contributed by atoms with E-state index in [1.165, 1.54) is 16.9 Å². The van der Waals surface area contributed by atoms with Crippen LogP contribution >= 0.6 is 11.3 Å². The third-order valence-electron chi connectivity index (χ3n) is 5.90. The minimum atomic E-state index is -0.721. The van der Waals surface area contributed by atoms with E-state index >= 15 is 0 Å². The highest BCUT2D eigenvalue weighted by atomic mass is 32.1. The number of nitrogens with zero attached hydrogens (tertiary/aromatic N) is 3. The number of nitrogens with one attached hydrogen (secondary N) is 3. The predicted molar refractivity (Wildman–Crippen MR) is 144 cm³/mol. The van der Waals surface area contributed by atoms with Gasteiger partial charge in [0.2, 0.25) is 11.0 Å². The van der Waals surface area contributed by atoms with E-state index < -0.39 is 12.1 Å². The molecule has 8 nitrogen and oxygen atoms in total. The van der Waals surface area contributed by atoms with Crippen molar-refractivity contribution in [3.8, 4) is 10.6 Å². The van der Waals surface area contributed by atoms with Gasteiger partial charge in [0.25, 0.3) is 0 Å². The zero-order valence-electron chi connectivity index (χ0n) is 21.1. The molecule has 0 aliphatic carbocycles. The molecule has 2 aromatic carbocycles. The van der Waals surface area contributed by atoms with Gasteiger partial charge in [0.1, 0.15) is 11.0 Å². The number of aromatic nitrogens is 2. The number of carbonyl (C=O) groups is 2. The molecule has 3 N–H and O–H groups in total. The smallest absolute Gasteiger partial charge is 0.319 e. The first-order chi connectivity index (χ1) is 16.7. The largest absolute Gasteiger partial charge is 0.378 e. The van der Waals surface area contributed by atoms with Crippen molar-refractivity contribution >= 4 is 39.8 Å². The van der Waals surface area contributed by atoms with Gasteiger partial charge in [-0.25, -0.2) is 4.79 Å². The fourth-order valence-corrected chi connectivity index (χ4v) is 4.19. The molecule has 0 saturated heterocycles. The van der Waals surface area contributed by atoms with Crippen molar-refractivity contribution in [2.24, 2.45) is 5.92 Å². The molecule has 0 spiro atoms. The quantitative estimate of drug-likeness (QED) is 0.361. The van der Waals surface area contributed by atoms with Gasteiger partial charge in [0, 0.05) is 31.0 Å². The SMILES string of the molecule is CCC(C)C(NC(=O)Nc1ccc(C(C)C)cc1)C(=O)Nc1nnc(-c2ccc(N(C)C)cc2)s1. The summed E-state index contributed by atoms with van der Waals surface area (Å²) in [4.78, 5) is 27.7. The van der Waals surface area contributed by atoms with Crippen molar-refractivity contribution in [2.75, 3.05) is 29.6 Å². The summed E-state index contributed by atoms with van der Waals surface area (Å²) in [6.07, 6.45) is 0.723. The van der Waals surface area contributed by atoms with Crippen LogP contribution in [0, 0.1) is 5.92 Å². The highest BCUT2D eigenvalue weighted by Crippen LogP contribution is 2.28. The molecule has 35 heavy (non-hydrogen) atoms. The molecule has 2 unspecified atom stereocenters. The fraction of sp³-hybridized carbons (Fsp3) is 0.385. The Balaban J connectivity index is 1.65. The average Bonchev–Trinajstić information content (AvgIpc) is 3.30. The van der Waals surface area contributed by atoms with Crippen molar-refractivity contribution in [1.82, 2.24) is 15.5 Å². The second kappa shape index (κ2) is 11.8. The third kappa shape index (κ3) is 7.02. The van der Waals surface area contributed by atoms with Crippen molar-refractivity contribution in [3.63, 3.8) is 0 Å². The van der Waals surface area contributed by atoms with E-state index in [1.807, 2.05) is 81.4 Å². The Labute approximate surface area is 211 Å². The highest BCUT2D eigenvalue weighted by molar-refractivity contribution is 7.18. The van der Waals surface area contributed by atoms with Crippen LogP contribution in [0.2, 0.25) is 0 Å². The summed E-state index contributed by atoms with van der Waals surface area (Å²) in [6, 6.07) is 14.5. The Morgan fingerprint density at radius 3 is 2.17 bits per heavy atom. The number of benzene rings is 2. The zero-order chi connectivity index (χ0) is 25.5. The molecule has 1 heterocycles. The summed E-state index contributed by atoms with van der Waals surface area (Å²) in [5, 5.41) is 17.9. The molecule has 0 aliphatic heterocycles. The Bertz CT molecular complexity index is 1130. The predicted octanol–water partition coefficient (Wildman–Crippen LogP) is 5.57. The summed E-state index contributed by atoms with van der Waals surface area (Å²) in [5.74, 6) is 0.0139. The molecule has 0 aliphatic rings. The van der Waals surface area contributed by atoms with Gasteiger partial charge < -0.3 is 15.5 Å².